The van der Waals surface area contributed by atoms with Crippen LogP contribution in [0.2, 0.25) is 0 Å². The first-order valence-corrected chi connectivity index (χ1v) is 9.82. The summed E-state index contributed by atoms with van der Waals surface area (Å²) in [4.78, 5) is 34.1. The van der Waals surface area contributed by atoms with E-state index in [4.69, 9.17) is 9.15 Å². The van der Waals surface area contributed by atoms with Gasteiger partial charge in [0.05, 0.1) is 13.2 Å². The van der Waals surface area contributed by atoms with Crippen LogP contribution in [0, 0.1) is 6.92 Å². The molecule has 0 bridgehead atoms. The maximum absolute atomic E-state index is 12.6. The summed E-state index contributed by atoms with van der Waals surface area (Å²) in [7, 11) is 1.96. The summed E-state index contributed by atoms with van der Waals surface area (Å²) in [5.41, 5.74) is 1.04. The van der Waals surface area contributed by atoms with Gasteiger partial charge in [0.2, 0.25) is 5.71 Å². The number of carbonyl (C=O) groups is 1. The fourth-order valence-electron chi connectivity index (χ4n) is 3.65. The predicted octanol–water partition coefficient (Wildman–Crippen LogP) is 3.79. The molecule has 0 amide bonds. The Labute approximate surface area is 173 Å². The number of nitrogens with zero attached hydrogens (tertiary/aromatic N) is 2. The summed E-state index contributed by atoms with van der Waals surface area (Å²) in [6.07, 6.45) is 0. The lowest BCUT2D eigenvalue weighted by Gasteiger charge is -2.16. The van der Waals surface area contributed by atoms with Gasteiger partial charge in [0.25, 0.3) is 5.56 Å². The standard InChI is InChI=1S/C23H23N3O4/c1-4-29-23(28)19-14(2)30-22-20(19)21(27)24-18(25-22)13-26(3)12-15-9-10-16-7-5-6-8-17(16)11-15/h5-11H,4,12-13H2,1-3H3,(H,24,25,27). The maximum atomic E-state index is 12.6. The zero-order valence-electron chi connectivity index (χ0n) is 17.2. The van der Waals surface area contributed by atoms with Gasteiger partial charge in [-0.2, -0.15) is 4.98 Å². The number of benzene rings is 2. The van der Waals surface area contributed by atoms with Crippen molar-refractivity contribution in [2.24, 2.45) is 0 Å². The molecular formula is C23H23N3O4. The van der Waals surface area contributed by atoms with Crippen molar-refractivity contribution in [2.45, 2.75) is 26.9 Å². The third kappa shape index (κ3) is 3.84. The number of hydrogen-bond donors (Lipinski definition) is 1. The zero-order chi connectivity index (χ0) is 21.3. The van der Waals surface area contributed by atoms with E-state index in [0.717, 1.165) is 5.56 Å². The number of hydrogen-bond acceptors (Lipinski definition) is 6. The monoisotopic (exact) mass is 405 g/mol. The smallest absolute Gasteiger partial charge is 0.342 e. The summed E-state index contributed by atoms with van der Waals surface area (Å²) in [5.74, 6) is 0.213. The normalized spacial score (nSPS) is 11.5. The molecule has 0 unspecified atom stereocenters. The lowest BCUT2D eigenvalue weighted by atomic mass is 10.1. The van der Waals surface area contributed by atoms with E-state index in [0.29, 0.717) is 24.7 Å². The molecule has 30 heavy (non-hydrogen) atoms. The lowest BCUT2D eigenvalue weighted by molar-refractivity contribution is 0.0526. The van der Waals surface area contributed by atoms with Crippen molar-refractivity contribution in [2.75, 3.05) is 13.7 Å². The van der Waals surface area contributed by atoms with E-state index in [1.165, 1.54) is 10.8 Å². The molecule has 0 aliphatic heterocycles. The van der Waals surface area contributed by atoms with Gasteiger partial charge in [-0.05, 0) is 43.3 Å². The van der Waals surface area contributed by atoms with Gasteiger partial charge in [0, 0.05) is 6.54 Å². The van der Waals surface area contributed by atoms with E-state index in [1.54, 1.807) is 13.8 Å². The molecule has 2 aromatic carbocycles. The molecule has 0 radical (unpaired) electrons. The zero-order valence-corrected chi connectivity index (χ0v) is 17.2. The number of H-pyrrole nitrogens is 1. The number of nitrogens with one attached hydrogen (secondary N) is 1. The Hall–Kier alpha value is -3.45. The molecule has 7 heteroatoms. The van der Waals surface area contributed by atoms with Crippen LogP contribution in [-0.4, -0.2) is 34.5 Å². The second-order valence-corrected chi connectivity index (χ2v) is 7.30. The average Bonchev–Trinajstić information content (AvgIpc) is 3.04. The van der Waals surface area contributed by atoms with Crippen LogP contribution in [0.1, 0.15) is 34.4 Å². The number of aromatic nitrogens is 2. The van der Waals surface area contributed by atoms with Crippen LogP contribution in [0.3, 0.4) is 0 Å². The number of furan rings is 1. The molecule has 0 aliphatic carbocycles. The minimum absolute atomic E-state index is 0.131. The summed E-state index contributed by atoms with van der Waals surface area (Å²) in [6, 6.07) is 14.6. The molecule has 0 saturated heterocycles. The molecule has 154 valence electrons. The van der Waals surface area contributed by atoms with Crippen molar-refractivity contribution in [3.05, 3.63) is 75.5 Å². The van der Waals surface area contributed by atoms with Gasteiger partial charge in [-0.1, -0.05) is 36.4 Å². The Balaban J connectivity index is 1.57. The van der Waals surface area contributed by atoms with Crippen LogP contribution in [0.5, 0.6) is 0 Å². The van der Waals surface area contributed by atoms with E-state index in [-0.39, 0.29) is 23.3 Å². The van der Waals surface area contributed by atoms with Gasteiger partial charge < -0.3 is 14.1 Å². The second kappa shape index (κ2) is 8.12. The summed E-state index contributed by atoms with van der Waals surface area (Å²) < 4.78 is 10.6. The molecule has 1 N–H and O–H groups in total. The van der Waals surface area contributed by atoms with Crippen LogP contribution in [0.15, 0.2) is 51.7 Å². The molecule has 2 heterocycles. The molecule has 0 atom stereocenters. The van der Waals surface area contributed by atoms with Crippen LogP contribution in [0.25, 0.3) is 21.9 Å². The summed E-state index contributed by atoms with van der Waals surface area (Å²) in [6.45, 7) is 4.67. The van der Waals surface area contributed by atoms with Crippen molar-refractivity contribution in [1.29, 1.82) is 0 Å². The third-order valence-electron chi connectivity index (χ3n) is 4.95. The number of aryl methyl sites for hydroxylation is 1. The Morgan fingerprint density at radius 2 is 1.93 bits per heavy atom. The largest absolute Gasteiger partial charge is 0.462 e. The minimum Gasteiger partial charge on any atom is -0.462 e. The fourth-order valence-corrected chi connectivity index (χ4v) is 3.65. The van der Waals surface area contributed by atoms with Crippen LogP contribution in [0.4, 0.5) is 0 Å². The van der Waals surface area contributed by atoms with Crippen LogP contribution in [-0.2, 0) is 17.8 Å². The minimum atomic E-state index is -0.581. The molecule has 0 saturated carbocycles. The van der Waals surface area contributed by atoms with Crippen molar-refractivity contribution in [3.8, 4) is 0 Å². The van der Waals surface area contributed by atoms with E-state index in [2.05, 4.69) is 45.2 Å². The van der Waals surface area contributed by atoms with Crippen molar-refractivity contribution >= 4 is 27.8 Å². The number of ether oxygens (including phenoxy) is 1. The van der Waals surface area contributed by atoms with Crippen molar-refractivity contribution < 1.29 is 13.9 Å². The number of rotatable bonds is 6. The highest BCUT2D eigenvalue weighted by molar-refractivity contribution is 6.03. The van der Waals surface area contributed by atoms with E-state index < -0.39 is 11.5 Å². The molecule has 4 rings (SSSR count). The molecule has 4 aromatic rings. The highest BCUT2D eigenvalue weighted by Gasteiger charge is 2.23. The molecule has 0 spiro atoms. The van der Waals surface area contributed by atoms with Crippen molar-refractivity contribution in [3.63, 3.8) is 0 Å². The Morgan fingerprint density at radius 3 is 2.70 bits per heavy atom. The highest BCUT2D eigenvalue weighted by Crippen LogP contribution is 2.22. The number of carbonyl (C=O) groups excluding carboxylic acids is 1. The highest BCUT2D eigenvalue weighted by atomic mass is 16.5. The average molecular weight is 405 g/mol. The first-order chi connectivity index (χ1) is 14.5. The Bertz CT molecular complexity index is 1290. The number of esters is 1. The first-order valence-electron chi connectivity index (χ1n) is 9.82. The van der Waals surface area contributed by atoms with Gasteiger partial charge >= 0.3 is 5.97 Å². The number of aromatic amines is 1. The van der Waals surface area contributed by atoms with Gasteiger partial charge in [-0.3, -0.25) is 9.69 Å². The predicted molar refractivity (Wildman–Crippen MR) is 114 cm³/mol. The summed E-state index contributed by atoms with van der Waals surface area (Å²) >= 11 is 0. The molecule has 2 aromatic heterocycles. The topological polar surface area (TPSA) is 88.4 Å². The van der Waals surface area contributed by atoms with Crippen LogP contribution < -0.4 is 5.56 Å². The molecule has 0 aliphatic rings. The SMILES string of the molecule is CCOC(=O)c1c(C)oc2nc(CN(C)Cc3ccc4ccccc4c3)[nH]c(=O)c12. The molecule has 7 nitrogen and oxygen atoms in total. The first kappa shape index (κ1) is 19.8. The van der Waals surface area contributed by atoms with Gasteiger partial charge in [-0.25, -0.2) is 4.79 Å². The van der Waals surface area contributed by atoms with Gasteiger partial charge in [0.1, 0.15) is 22.5 Å². The Kier molecular flexibility index (Phi) is 5.37. The van der Waals surface area contributed by atoms with Crippen molar-refractivity contribution in [1.82, 2.24) is 14.9 Å². The van der Waals surface area contributed by atoms with Gasteiger partial charge in [0.15, 0.2) is 0 Å². The van der Waals surface area contributed by atoms with Crippen LogP contribution >= 0.6 is 0 Å². The quantitative estimate of drug-likeness (QED) is 0.491. The summed E-state index contributed by atoms with van der Waals surface area (Å²) in [5, 5.41) is 2.52. The number of fused-ring (bicyclic) bond motifs is 2. The lowest BCUT2D eigenvalue weighted by Crippen LogP contribution is -2.22. The van der Waals surface area contributed by atoms with E-state index in [1.807, 2.05) is 19.2 Å². The van der Waals surface area contributed by atoms with E-state index >= 15 is 0 Å². The fraction of sp³-hybridized carbons (Fsp3) is 0.261. The molecule has 0 fully saturated rings. The maximum Gasteiger partial charge on any atom is 0.342 e. The van der Waals surface area contributed by atoms with Gasteiger partial charge in [-0.15, -0.1) is 0 Å². The third-order valence-corrected chi connectivity index (χ3v) is 4.95. The van der Waals surface area contributed by atoms with E-state index in [9.17, 15) is 9.59 Å². The second-order valence-electron chi connectivity index (χ2n) is 7.30. The molecular weight excluding hydrogens is 382 g/mol. The Morgan fingerprint density at radius 1 is 1.17 bits per heavy atom.